The summed E-state index contributed by atoms with van der Waals surface area (Å²) < 4.78 is 2.04. The van der Waals surface area contributed by atoms with Gasteiger partial charge in [0.2, 0.25) is 0 Å². The minimum absolute atomic E-state index is 0.329. The van der Waals surface area contributed by atoms with Crippen LogP contribution in [0.1, 0.15) is 38.9 Å². The van der Waals surface area contributed by atoms with Gasteiger partial charge in [0.15, 0.2) is 0 Å². The molecule has 0 amide bonds. The Morgan fingerprint density at radius 2 is 2.50 bits per heavy atom. The highest BCUT2D eigenvalue weighted by Gasteiger charge is 2.42. The molecule has 78 valence electrons. The third-order valence-electron chi connectivity index (χ3n) is 3.45. The maximum Gasteiger partial charge on any atom is 0.141 e. The molecule has 1 aromatic rings. The van der Waals surface area contributed by atoms with Crippen LogP contribution < -0.4 is 0 Å². The van der Waals surface area contributed by atoms with E-state index in [0.29, 0.717) is 5.92 Å². The predicted octanol–water partition coefficient (Wildman–Crippen LogP) is 1.91. The lowest BCUT2D eigenvalue weighted by Crippen LogP contribution is -2.32. The van der Waals surface area contributed by atoms with E-state index in [1.54, 1.807) is 6.20 Å². The molecule has 3 heteroatoms. The van der Waals surface area contributed by atoms with E-state index in [4.69, 9.17) is 0 Å². The standard InChI is InChI=1S/C11H18N2O/c1-3-13-8-7-12-10(13)11(14)6-4-5-9(11)2/h7-9,14H,3-6H2,1-2H3. The highest BCUT2D eigenvalue weighted by molar-refractivity contribution is 5.09. The summed E-state index contributed by atoms with van der Waals surface area (Å²) in [5, 5.41) is 10.5. The second-order valence-corrected chi connectivity index (χ2v) is 4.25. The second-order valence-electron chi connectivity index (χ2n) is 4.25. The summed E-state index contributed by atoms with van der Waals surface area (Å²) in [7, 11) is 0. The van der Waals surface area contributed by atoms with Crippen LogP contribution in [0, 0.1) is 5.92 Å². The Morgan fingerprint density at radius 3 is 3.07 bits per heavy atom. The van der Waals surface area contributed by atoms with Gasteiger partial charge in [0, 0.05) is 18.9 Å². The Morgan fingerprint density at radius 1 is 1.71 bits per heavy atom. The van der Waals surface area contributed by atoms with Crippen LogP contribution in [-0.4, -0.2) is 14.7 Å². The Labute approximate surface area is 84.8 Å². The highest BCUT2D eigenvalue weighted by Crippen LogP contribution is 2.42. The molecule has 1 fully saturated rings. The van der Waals surface area contributed by atoms with Crippen LogP contribution in [0.15, 0.2) is 12.4 Å². The van der Waals surface area contributed by atoms with Crippen molar-refractivity contribution in [3.05, 3.63) is 18.2 Å². The van der Waals surface area contributed by atoms with Gasteiger partial charge in [0.05, 0.1) is 0 Å². The number of aryl methyl sites for hydroxylation is 1. The monoisotopic (exact) mass is 194 g/mol. The van der Waals surface area contributed by atoms with Gasteiger partial charge in [0.25, 0.3) is 0 Å². The van der Waals surface area contributed by atoms with E-state index in [2.05, 4.69) is 18.8 Å². The van der Waals surface area contributed by atoms with Crippen molar-refractivity contribution < 1.29 is 5.11 Å². The molecule has 1 saturated carbocycles. The number of aromatic nitrogens is 2. The molecule has 0 aliphatic heterocycles. The Bertz CT molecular complexity index is 321. The molecule has 0 aromatic carbocycles. The van der Waals surface area contributed by atoms with Crippen LogP contribution in [0.3, 0.4) is 0 Å². The van der Waals surface area contributed by atoms with Crippen molar-refractivity contribution in [3.8, 4) is 0 Å². The number of aliphatic hydroxyl groups is 1. The summed E-state index contributed by atoms with van der Waals surface area (Å²) in [5.74, 6) is 1.18. The van der Waals surface area contributed by atoms with Gasteiger partial charge < -0.3 is 9.67 Å². The smallest absolute Gasteiger partial charge is 0.141 e. The molecule has 1 aromatic heterocycles. The lowest BCUT2D eigenvalue weighted by atomic mass is 9.91. The topological polar surface area (TPSA) is 38.0 Å². The summed E-state index contributed by atoms with van der Waals surface area (Å²) in [5.41, 5.74) is -0.681. The van der Waals surface area contributed by atoms with E-state index in [1.165, 1.54) is 0 Å². The van der Waals surface area contributed by atoms with Crippen molar-refractivity contribution in [1.29, 1.82) is 0 Å². The third kappa shape index (κ3) is 1.27. The number of nitrogens with zero attached hydrogens (tertiary/aromatic N) is 2. The normalized spacial score (nSPS) is 32.4. The molecular weight excluding hydrogens is 176 g/mol. The van der Waals surface area contributed by atoms with Crippen LogP contribution in [0.5, 0.6) is 0 Å². The summed E-state index contributed by atoms with van der Waals surface area (Å²) in [6, 6.07) is 0. The molecule has 0 bridgehead atoms. The van der Waals surface area contributed by atoms with E-state index in [-0.39, 0.29) is 0 Å². The number of imidazole rings is 1. The minimum Gasteiger partial charge on any atom is -0.382 e. The van der Waals surface area contributed by atoms with E-state index in [9.17, 15) is 5.11 Å². The molecule has 1 heterocycles. The Kier molecular flexibility index (Phi) is 2.35. The zero-order valence-electron chi connectivity index (χ0n) is 8.90. The first-order valence-corrected chi connectivity index (χ1v) is 5.42. The van der Waals surface area contributed by atoms with Gasteiger partial charge in [-0.3, -0.25) is 0 Å². The molecule has 1 aliphatic rings. The second kappa shape index (κ2) is 3.39. The van der Waals surface area contributed by atoms with E-state index < -0.39 is 5.60 Å². The van der Waals surface area contributed by atoms with Crippen LogP contribution in [0.2, 0.25) is 0 Å². The molecular formula is C11H18N2O. The van der Waals surface area contributed by atoms with E-state index >= 15 is 0 Å². The molecule has 1 N–H and O–H groups in total. The van der Waals surface area contributed by atoms with Gasteiger partial charge in [-0.1, -0.05) is 6.92 Å². The molecule has 3 nitrogen and oxygen atoms in total. The zero-order chi connectivity index (χ0) is 10.2. The SMILES string of the molecule is CCn1ccnc1C1(O)CCCC1C. The summed E-state index contributed by atoms with van der Waals surface area (Å²) in [6.07, 6.45) is 6.78. The molecule has 1 aliphatic carbocycles. The lowest BCUT2D eigenvalue weighted by molar-refractivity contribution is -0.00724. The molecule has 0 saturated heterocycles. The van der Waals surface area contributed by atoms with Crippen molar-refractivity contribution in [3.63, 3.8) is 0 Å². The fraction of sp³-hybridized carbons (Fsp3) is 0.727. The largest absolute Gasteiger partial charge is 0.382 e. The lowest BCUT2D eigenvalue weighted by Gasteiger charge is -2.27. The average Bonchev–Trinajstić information content (AvgIpc) is 2.75. The zero-order valence-corrected chi connectivity index (χ0v) is 8.90. The summed E-state index contributed by atoms with van der Waals surface area (Å²) in [6.45, 7) is 5.07. The third-order valence-corrected chi connectivity index (χ3v) is 3.45. The van der Waals surface area contributed by atoms with Gasteiger partial charge in [-0.05, 0) is 32.1 Å². The molecule has 0 radical (unpaired) electrons. The maximum atomic E-state index is 10.5. The first kappa shape index (κ1) is 9.71. The van der Waals surface area contributed by atoms with Crippen molar-refractivity contribution in [2.45, 2.75) is 45.3 Å². The van der Waals surface area contributed by atoms with Crippen LogP contribution in [-0.2, 0) is 12.1 Å². The van der Waals surface area contributed by atoms with Crippen molar-refractivity contribution >= 4 is 0 Å². The average molecular weight is 194 g/mol. The van der Waals surface area contributed by atoms with E-state index in [1.807, 2.05) is 10.8 Å². The van der Waals surface area contributed by atoms with Crippen LogP contribution >= 0.6 is 0 Å². The number of hydrogen-bond donors (Lipinski definition) is 1. The van der Waals surface area contributed by atoms with Gasteiger partial charge in [-0.25, -0.2) is 4.98 Å². The highest BCUT2D eigenvalue weighted by atomic mass is 16.3. The molecule has 14 heavy (non-hydrogen) atoms. The predicted molar refractivity (Wildman–Crippen MR) is 54.8 cm³/mol. The number of rotatable bonds is 2. The summed E-state index contributed by atoms with van der Waals surface area (Å²) in [4.78, 5) is 4.30. The van der Waals surface area contributed by atoms with Crippen LogP contribution in [0.25, 0.3) is 0 Å². The maximum absolute atomic E-state index is 10.5. The number of hydrogen-bond acceptors (Lipinski definition) is 2. The molecule has 2 atom stereocenters. The van der Waals surface area contributed by atoms with Crippen molar-refractivity contribution in [1.82, 2.24) is 9.55 Å². The Balaban J connectivity index is 2.37. The van der Waals surface area contributed by atoms with Gasteiger partial charge in [-0.2, -0.15) is 0 Å². The minimum atomic E-state index is -0.681. The molecule has 2 rings (SSSR count). The van der Waals surface area contributed by atoms with Crippen LogP contribution in [0.4, 0.5) is 0 Å². The first-order chi connectivity index (χ1) is 6.68. The quantitative estimate of drug-likeness (QED) is 0.781. The summed E-state index contributed by atoms with van der Waals surface area (Å²) >= 11 is 0. The van der Waals surface area contributed by atoms with Crippen molar-refractivity contribution in [2.24, 2.45) is 5.92 Å². The fourth-order valence-electron chi connectivity index (χ4n) is 2.44. The van der Waals surface area contributed by atoms with Gasteiger partial charge in [-0.15, -0.1) is 0 Å². The molecule has 0 spiro atoms. The molecule has 2 unspecified atom stereocenters. The van der Waals surface area contributed by atoms with Gasteiger partial charge >= 0.3 is 0 Å². The Hall–Kier alpha value is -0.830. The fourth-order valence-corrected chi connectivity index (χ4v) is 2.44. The van der Waals surface area contributed by atoms with Gasteiger partial charge in [0.1, 0.15) is 11.4 Å². The first-order valence-electron chi connectivity index (χ1n) is 5.42. The van der Waals surface area contributed by atoms with Crippen molar-refractivity contribution in [2.75, 3.05) is 0 Å². The van der Waals surface area contributed by atoms with E-state index in [0.717, 1.165) is 31.6 Å².